The number of amides is 1. The van der Waals surface area contributed by atoms with E-state index in [9.17, 15) is 4.79 Å². The average molecular weight is 221 g/mol. The first-order valence-corrected chi connectivity index (χ1v) is 6.56. The monoisotopic (exact) mass is 221 g/mol. The van der Waals surface area contributed by atoms with E-state index in [1.54, 1.807) is 11.8 Å². The largest absolute Gasteiger partial charge is 0.271 e. The van der Waals surface area contributed by atoms with Crippen LogP contribution in [-0.2, 0) is 4.79 Å². The van der Waals surface area contributed by atoms with Crippen LogP contribution in [0.25, 0.3) is 0 Å². The maximum absolute atomic E-state index is 11.3. The molecular weight excluding hydrogens is 206 g/mol. The fraction of sp³-hybridized carbons (Fsp3) is 0.667. The molecule has 2 nitrogen and oxygen atoms in total. The molecule has 0 spiro atoms. The highest BCUT2D eigenvalue weighted by atomic mass is 32.2. The molecule has 1 saturated carbocycles. The normalized spacial score (nSPS) is 42.7. The zero-order valence-corrected chi connectivity index (χ0v) is 9.67. The van der Waals surface area contributed by atoms with Gasteiger partial charge in [0.15, 0.2) is 0 Å². The Kier molecular flexibility index (Phi) is 2.23. The van der Waals surface area contributed by atoms with Gasteiger partial charge in [-0.05, 0) is 43.9 Å². The number of hydrogen-bond acceptors (Lipinski definition) is 2. The van der Waals surface area contributed by atoms with E-state index in [4.69, 9.17) is 0 Å². The Morgan fingerprint density at radius 2 is 2.33 bits per heavy atom. The van der Waals surface area contributed by atoms with Gasteiger partial charge in [0.25, 0.3) is 5.91 Å². The number of hydrogen-bond donors (Lipinski definition) is 0. The Labute approximate surface area is 94.2 Å². The van der Waals surface area contributed by atoms with E-state index in [0.29, 0.717) is 0 Å². The molecule has 15 heavy (non-hydrogen) atoms. The quantitative estimate of drug-likeness (QED) is 0.671. The lowest BCUT2D eigenvalue weighted by molar-refractivity contribution is -0.116. The molecule has 0 N–H and O–H groups in total. The molecule has 0 radical (unpaired) electrons. The third-order valence-electron chi connectivity index (χ3n) is 3.75. The predicted molar refractivity (Wildman–Crippen MR) is 63.0 cm³/mol. The average Bonchev–Trinajstić information content (AvgIpc) is 2.84. The molecule has 1 amide bonds. The van der Waals surface area contributed by atoms with Crippen molar-refractivity contribution in [3.05, 3.63) is 12.2 Å². The molecule has 1 fully saturated rings. The molecule has 0 aromatic carbocycles. The molecule has 80 valence electrons. The van der Waals surface area contributed by atoms with Crippen LogP contribution in [0.5, 0.6) is 0 Å². The molecule has 4 unspecified atom stereocenters. The first-order valence-electron chi connectivity index (χ1n) is 5.69. The maximum atomic E-state index is 11.3. The van der Waals surface area contributed by atoms with Crippen LogP contribution < -0.4 is 0 Å². The topological polar surface area (TPSA) is 29.4 Å². The van der Waals surface area contributed by atoms with E-state index in [1.165, 1.54) is 12.8 Å². The molecule has 3 heteroatoms. The fourth-order valence-corrected chi connectivity index (χ4v) is 3.96. The summed E-state index contributed by atoms with van der Waals surface area (Å²) in [5.41, 5.74) is 0. The van der Waals surface area contributed by atoms with Gasteiger partial charge in [0, 0.05) is 0 Å². The van der Waals surface area contributed by atoms with E-state index in [2.05, 4.69) is 17.1 Å². The molecule has 3 aliphatic rings. The number of carbonyl (C=O) groups is 1. The number of thioether (sulfide) groups is 1. The Hall–Kier alpha value is -0.570. The number of rotatable bonds is 2. The Morgan fingerprint density at radius 3 is 2.87 bits per heavy atom. The second kappa shape index (κ2) is 3.48. The second-order valence-corrected chi connectivity index (χ2v) is 6.26. The number of allylic oxidation sites excluding steroid dienone is 2. The zero-order chi connectivity index (χ0) is 10.4. The summed E-state index contributed by atoms with van der Waals surface area (Å²) >= 11 is 1.66. The van der Waals surface area contributed by atoms with Gasteiger partial charge in [0.2, 0.25) is 0 Å². The van der Waals surface area contributed by atoms with Crippen molar-refractivity contribution in [1.29, 1.82) is 0 Å². The third kappa shape index (κ3) is 1.67. The summed E-state index contributed by atoms with van der Waals surface area (Å²) in [5.74, 6) is 2.41. The fourth-order valence-electron chi connectivity index (χ4n) is 2.94. The molecule has 0 aromatic heterocycles. The number of carbonyl (C=O) groups excluding carboxylic acids is 1. The smallest absolute Gasteiger partial charge is 0.259 e. The molecule has 0 aromatic rings. The first kappa shape index (κ1) is 9.64. The summed E-state index contributed by atoms with van der Waals surface area (Å²) in [4.78, 5) is 15.4. The van der Waals surface area contributed by atoms with Crippen molar-refractivity contribution in [2.45, 2.75) is 31.4 Å². The highest BCUT2D eigenvalue weighted by Crippen LogP contribution is 2.46. The summed E-state index contributed by atoms with van der Waals surface area (Å²) in [5, 5.41) is 1.15. The summed E-state index contributed by atoms with van der Waals surface area (Å²) in [6.07, 6.45) is 8.41. The lowest BCUT2D eigenvalue weighted by atomic mass is 9.91. The van der Waals surface area contributed by atoms with Crippen molar-refractivity contribution in [3.63, 3.8) is 0 Å². The molecule has 1 aliphatic heterocycles. The van der Waals surface area contributed by atoms with Crippen LogP contribution in [0.1, 0.15) is 26.2 Å². The van der Waals surface area contributed by atoms with Gasteiger partial charge >= 0.3 is 0 Å². The van der Waals surface area contributed by atoms with E-state index < -0.39 is 0 Å². The van der Waals surface area contributed by atoms with Crippen LogP contribution in [0, 0.1) is 17.8 Å². The van der Waals surface area contributed by atoms with Crippen molar-refractivity contribution in [3.8, 4) is 0 Å². The summed E-state index contributed by atoms with van der Waals surface area (Å²) in [6, 6.07) is 0. The van der Waals surface area contributed by atoms with Crippen molar-refractivity contribution >= 4 is 22.7 Å². The van der Waals surface area contributed by atoms with E-state index in [1.807, 2.05) is 6.92 Å². The molecule has 3 rings (SSSR count). The summed E-state index contributed by atoms with van der Waals surface area (Å²) in [7, 11) is 0. The second-order valence-electron chi connectivity index (χ2n) is 4.85. The summed E-state index contributed by atoms with van der Waals surface area (Å²) < 4.78 is 0. The molecule has 2 bridgehead atoms. The van der Waals surface area contributed by atoms with Crippen LogP contribution in [0.2, 0.25) is 0 Å². The first-order chi connectivity index (χ1) is 7.22. The standard InChI is InChI=1S/C12H15NOS/c1-7-12(14)13-11(15-7)6-10-5-8-2-3-9(10)4-8/h2-3,7-10H,4-6H2,1H3. The molecule has 1 heterocycles. The van der Waals surface area contributed by atoms with Gasteiger partial charge < -0.3 is 0 Å². The molecule has 2 aliphatic carbocycles. The van der Waals surface area contributed by atoms with Gasteiger partial charge in [-0.1, -0.05) is 23.9 Å². The number of aliphatic imine (C=N–C) groups is 1. The lowest BCUT2D eigenvalue weighted by Gasteiger charge is -2.17. The van der Waals surface area contributed by atoms with Gasteiger partial charge in [-0.2, -0.15) is 0 Å². The van der Waals surface area contributed by atoms with Crippen LogP contribution >= 0.6 is 11.8 Å². The van der Waals surface area contributed by atoms with Crippen molar-refractivity contribution in [2.24, 2.45) is 22.7 Å². The number of fused-ring (bicyclic) bond motifs is 2. The minimum Gasteiger partial charge on any atom is -0.271 e. The minimum atomic E-state index is 0.0636. The highest BCUT2D eigenvalue weighted by molar-refractivity contribution is 8.15. The van der Waals surface area contributed by atoms with Crippen LogP contribution in [0.15, 0.2) is 17.1 Å². The van der Waals surface area contributed by atoms with Crippen LogP contribution in [0.3, 0.4) is 0 Å². The zero-order valence-electron chi connectivity index (χ0n) is 8.85. The molecule has 4 atom stereocenters. The third-order valence-corrected chi connectivity index (χ3v) is 4.83. The van der Waals surface area contributed by atoms with E-state index in [0.717, 1.165) is 29.2 Å². The highest BCUT2D eigenvalue weighted by Gasteiger charge is 2.37. The van der Waals surface area contributed by atoms with Crippen molar-refractivity contribution in [2.75, 3.05) is 0 Å². The van der Waals surface area contributed by atoms with Gasteiger partial charge in [-0.3, -0.25) is 4.79 Å². The SMILES string of the molecule is CC1SC(CC2CC3C=CC2C3)=NC1=O. The van der Waals surface area contributed by atoms with E-state index >= 15 is 0 Å². The van der Waals surface area contributed by atoms with Crippen LogP contribution in [-0.4, -0.2) is 16.2 Å². The minimum absolute atomic E-state index is 0.0636. The van der Waals surface area contributed by atoms with Crippen molar-refractivity contribution in [1.82, 2.24) is 0 Å². The maximum Gasteiger partial charge on any atom is 0.259 e. The Morgan fingerprint density at radius 1 is 1.47 bits per heavy atom. The van der Waals surface area contributed by atoms with Gasteiger partial charge in [0.05, 0.1) is 10.3 Å². The van der Waals surface area contributed by atoms with Crippen LogP contribution in [0.4, 0.5) is 0 Å². The molecule has 0 saturated heterocycles. The number of nitrogens with zero attached hydrogens (tertiary/aromatic N) is 1. The predicted octanol–water partition coefficient (Wildman–Crippen LogP) is 2.65. The van der Waals surface area contributed by atoms with Gasteiger partial charge in [0.1, 0.15) is 0 Å². The van der Waals surface area contributed by atoms with E-state index in [-0.39, 0.29) is 11.2 Å². The Bertz CT molecular complexity index is 361. The Balaban J connectivity index is 1.65. The molecular formula is C12H15NOS. The summed E-state index contributed by atoms with van der Waals surface area (Å²) in [6.45, 7) is 1.95. The van der Waals surface area contributed by atoms with Crippen molar-refractivity contribution < 1.29 is 4.79 Å². The lowest BCUT2D eigenvalue weighted by Crippen LogP contribution is -2.10. The van der Waals surface area contributed by atoms with Gasteiger partial charge in [-0.15, -0.1) is 0 Å². The van der Waals surface area contributed by atoms with Gasteiger partial charge in [-0.25, -0.2) is 4.99 Å².